The topological polar surface area (TPSA) is 78.4 Å². The minimum atomic E-state index is -1.04. The van der Waals surface area contributed by atoms with E-state index >= 15 is 0 Å². The van der Waals surface area contributed by atoms with E-state index < -0.39 is 12.0 Å². The molecule has 0 aliphatic carbocycles. The number of hydrogen-bond acceptors (Lipinski definition) is 3. The standard InChI is InChI=1S/C10H18N2O3/c1-7(2)6-12-10(15)8(3)11-5-4-9(13)14/h4-5,7-8,11H,6H2,1-3H3,(H,12,15)(H,13,14)/b5-4+. The van der Waals surface area contributed by atoms with E-state index in [9.17, 15) is 9.59 Å². The third kappa shape index (κ3) is 7.54. The summed E-state index contributed by atoms with van der Waals surface area (Å²) in [6.45, 7) is 6.29. The molecule has 0 heterocycles. The third-order valence-electron chi connectivity index (χ3n) is 1.65. The Hall–Kier alpha value is -1.52. The molecule has 0 rings (SSSR count). The molecule has 1 amide bonds. The van der Waals surface area contributed by atoms with Gasteiger partial charge in [0.1, 0.15) is 6.04 Å². The molecule has 0 saturated heterocycles. The van der Waals surface area contributed by atoms with Crippen molar-refractivity contribution < 1.29 is 14.7 Å². The van der Waals surface area contributed by atoms with Crippen LogP contribution in [-0.4, -0.2) is 29.6 Å². The second kappa shape index (κ2) is 6.86. The van der Waals surface area contributed by atoms with Crippen molar-refractivity contribution >= 4 is 11.9 Å². The van der Waals surface area contributed by atoms with Gasteiger partial charge in [-0.25, -0.2) is 4.79 Å². The Morgan fingerprint density at radius 3 is 2.40 bits per heavy atom. The fourth-order valence-electron chi connectivity index (χ4n) is 0.797. The van der Waals surface area contributed by atoms with Crippen LogP contribution in [0.3, 0.4) is 0 Å². The molecule has 1 unspecified atom stereocenters. The summed E-state index contributed by atoms with van der Waals surface area (Å²) < 4.78 is 0. The van der Waals surface area contributed by atoms with Crippen molar-refractivity contribution in [2.75, 3.05) is 6.54 Å². The van der Waals surface area contributed by atoms with Crippen LogP contribution < -0.4 is 10.6 Å². The fraction of sp³-hybridized carbons (Fsp3) is 0.600. The zero-order valence-electron chi connectivity index (χ0n) is 9.28. The average molecular weight is 214 g/mol. The highest BCUT2D eigenvalue weighted by Crippen LogP contribution is 1.89. The van der Waals surface area contributed by atoms with E-state index in [2.05, 4.69) is 10.6 Å². The van der Waals surface area contributed by atoms with Crippen LogP contribution in [0.15, 0.2) is 12.3 Å². The molecule has 0 bridgehead atoms. The van der Waals surface area contributed by atoms with Crippen molar-refractivity contribution in [2.24, 2.45) is 5.92 Å². The van der Waals surface area contributed by atoms with Crippen molar-refractivity contribution in [3.8, 4) is 0 Å². The van der Waals surface area contributed by atoms with Gasteiger partial charge in [-0.15, -0.1) is 0 Å². The summed E-state index contributed by atoms with van der Waals surface area (Å²) in [5.74, 6) is -0.785. The molecular formula is C10H18N2O3. The van der Waals surface area contributed by atoms with Gasteiger partial charge in [-0.1, -0.05) is 13.8 Å². The summed E-state index contributed by atoms with van der Waals surface area (Å²) in [5.41, 5.74) is 0. The molecule has 0 aromatic heterocycles. The molecule has 0 aromatic rings. The van der Waals surface area contributed by atoms with Gasteiger partial charge in [-0.05, 0) is 12.8 Å². The lowest BCUT2D eigenvalue weighted by molar-refractivity contribution is -0.131. The largest absolute Gasteiger partial charge is 0.478 e. The lowest BCUT2D eigenvalue weighted by atomic mass is 10.2. The van der Waals surface area contributed by atoms with Crippen LogP contribution in [0.5, 0.6) is 0 Å². The Morgan fingerprint density at radius 2 is 1.93 bits per heavy atom. The van der Waals surface area contributed by atoms with E-state index in [1.807, 2.05) is 13.8 Å². The van der Waals surface area contributed by atoms with Crippen molar-refractivity contribution in [3.63, 3.8) is 0 Å². The summed E-state index contributed by atoms with van der Waals surface area (Å²) in [7, 11) is 0. The molecule has 0 fully saturated rings. The second-order valence-electron chi connectivity index (χ2n) is 3.70. The summed E-state index contributed by atoms with van der Waals surface area (Å²) in [5, 5.41) is 13.7. The van der Waals surface area contributed by atoms with Crippen LogP contribution in [0.25, 0.3) is 0 Å². The number of hydrogen-bond donors (Lipinski definition) is 3. The van der Waals surface area contributed by atoms with E-state index in [1.165, 1.54) is 6.20 Å². The second-order valence-corrected chi connectivity index (χ2v) is 3.70. The third-order valence-corrected chi connectivity index (χ3v) is 1.65. The number of amides is 1. The number of carbonyl (C=O) groups is 2. The number of carboxylic acid groups (broad SMARTS) is 1. The minimum Gasteiger partial charge on any atom is -0.478 e. The fourth-order valence-corrected chi connectivity index (χ4v) is 0.797. The maximum Gasteiger partial charge on any atom is 0.329 e. The molecular weight excluding hydrogens is 196 g/mol. The van der Waals surface area contributed by atoms with Crippen LogP contribution in [0, 0.1) is 5.92 Å². The molecule has 5 nitrogen and oxygen atoms in total. The monoisotopic (exact) mass is 214 g/mol. The zero-order chi connectivity index (χ0) is 11.8. The van der Waals surface area contributed by atoms with Crippen LogP contribution >= 0.6 is 0 Å². The van der Waals surface area contributed by atoms with Gasteiger partial charge in [0.15, 0.2) is 0 Å². The summed E-state index contributed by atoms with van der Waals surface area (Å²) in [6, 6.07) is -0.431. The maximum atomic E-state index is 11.4. The molecule has 0 aliphatic rings. The molecule has 3 N–H and O–H groups in total. The van der Waals surface area contributed by atoms with Gasteiger partial charge in [0.2, 0.25) is 5.91 Å². The van der Waals surface area contributed by atoms with Crippen LogP contribution in [0.2, 0.25) is 0 Å². The SMILES string of the molecule is CC(C)CNC(=O)C(C)N/C=C/C(=O)O. The first-order valence-corrected chi connectivity index (χ1v) is 4.86. The highest BCUT2D eigenvalue weighted by Gasteiger charge is 2.10. The molecule has 1 atom stereocenters. The molecule has 0 saturated carbocycles. The number of carboxylic acids is 1. The van der Waals surface area contributed by atoms with E-state index in [0.717, 1.165) is 6.08 Å². The number of carbonyl (C=O) groups excluding carboxylic acids is 1. The van der Waals surface area contributed by atoms with E-state index in [1.54, 1.807) is 6.92 Å². The van der Waals surface area contributed by atoms with Gasteiger partial charge in [-0.2, -0.15) is 0 Å². The Balaban J connectivity index is 3.84. The molecule has 0 spiro atoms. The van der Waals surface area contributed by atoms with E-state index in [-0.39, 0.29) is 5.91 Å². The van der Waals surface area contributed by atoms with Crippen molar-refractivity contribution in [1.82, 2.24) is 10.6 Å². The molecule has 0 radical (unpaired) electrons. The average Bonchev–Trinajstić information content (AvgIpc) is 2.13. The van der Waals surface area contributed by atoms with Gasteiger partial charge < -0.3 is 15.7 Å². The lowest BCUT2D eigenvalue weighted by Gasteiger charge is -2.13. The Kier molecular flexibility index (Phi) is 6.17. The lowest BCUT2D eigenvalue weighted by Crippen LogP contribution is -2.41. The van der Waals surface area contributed by atoms with Gasteiger partial charge in [0, 0.05) is 18.8 Å². The van der Waals surface area contributed by atoms with Crippen molar-refractivity contribution in [3.05, 3.63) is 12.3 Å². The molecule has 15 heavy (non-hydrogen) atoms. The highest BCUT2D eigenvalue weighted by atomic mass is 16.4. The highest BCUT2D eigenvalue weighted by molar-refractivity contribution is 5.82. The van der Waals surface area contributed by atoms with Gasteiger partial charge in [0.05, 0.1) is 0 Å². The first-order valence-electron chi connectivity index (χ1n) is 4.86. The first kappa shape index (κ1) is 13.5. The van der Waals surface area contributed by atoms with Gasteiger partial charge >= 0.3 is 5.97 Å². The molecule has 0 aromatic carbocycles. The Labute approximate surface area is 89.6 Å². The maximum absolute atomic E-state index is 11.4. The number of rotatable bonds is 6. The predicted octanol–water partition coefficient (Wildman–Crippen LogP) is 0.335. The normalized spacial score (nSPS) is 12.8. The predicted molar refractivity (Wildman–Crippen MR) is 57.2 cm³/mol. The van der Waals surface area contributed by atoms with E-state index in [0.29, 0.717) is 12.5 Å². The zero-order valence-corrected chi connectivity index (χ0v) is 9.28. The van der Waals surface area contributed by atoms with Gasteiger partial charge in [-0.3, -0.25) is 4.79 Å². The van der Waals surface area contributed by atoms with E-state index in [4.69, 9.17) is 5.11 Å². The first-order chi connectivity index (χ1) is 6.93. The van der Waals surface area contributed by atoms with Gasteiger partial charge in [0.25, 0.3) is 0 Å². The molecule has 86 valence electrons. The summed E-state index contributed by atoms with van der Waals surface area (Å²) >= 11 is 0. The van der Waals surface area contributed by atoms with Crippen molar-refractivity contribution in [1.29, 1.82) is 0 Å². The quantitative estimate of drug-likeness (QED) is 0.557. The molecule has 5 heteroatoms. The summed E-state index contributed by atoms with van der Waals surface area (Å²) in [6.07, 6.45) is 2.20. The smallest absolute Gasteiger partial charge is 0.329 e. The number of nitrogens with one attached hydrogen (secondary N) is 2. The Morgan fingerprint density at radius 1 is 1.33 bits per heavy atom. The van der Waals surface area contributed by atoms with Crippen LogP contribution in [-0.2, 0) is 9.59 Å². The number of aliphatic carboxylic acids is 1. The summed E-state index contributed by atoms with van der Waals surface area (Å²) in [4.78, 5) is 21.5. The molecule has 0 aliphatic heterocycles. The van der Waals surface area contributed by atoms with Crippen LogP contribution in [0.1, 0.15) is 20.8 Å². The van der Waals surface area contributed by atoms with Crippen LogP contribution in [0.4, 0.5) is 0 Å². The minimum absolute atomic E-state index is 0.140. The van der Waals surface area contributed by atoms with Crippen molar-refractivity contribution in [2.45, 2.75) is 26.8 Å². The Bertz CT molecular complexity index is 249.